The van der Waals surface area contributed by atoms with Crippen LogP contribution in [0.2, 0.25) is 0 Å². The van der Waals surface area contributed by atoms with Gasteiger partial charge < -0.3 is 10.1 Å². The molecule has 2 aromatic rings. The first kappa shape index (κ1) is 16.8. The lowest BCUT2D eigenvalue weighted by Gasteiger charge is -2.25. The van der Waals surface area contributed by atoms with Crippen molar-refractivity contribution in [1.82, 2.24) is 15.1 Å². The molecular weight excluding hydrogens is 330 g/mol. The number of ether oxygens (including phenoxy) is 1. The topological polar surface area (TPSA) is 73.2 Å². The maximum Gasteiger partial charge on any atom is 0.267 e. The number of rotatable bonds is 4. The number of aryl methyl sites for hydroxylation is 3. The number of fused-ring (bicyclic) bond motifs is 2. The highest BCUT2D eigenvalue weighted by atomic mass is 16.5. The molecular formula is C20H23N3O3. The van der Waals surface area contributed by atoms with E-state index in [2.05, 4.69) is 10.4 Å². The summed E-state index contributed by atoms with van der Waals surface area (Å²) in [5, 5.41) is 7.35. The van der Waals surface area contributed by atoms with E-state index in [1.807, 2.05) is 24.3 Å². The molecule has 1 aromatic carbocycles. The molecule has 1 unspecified atom stereocenters. The van der Waals surface area contributed by atoms with Crippen molar-refractivity contribution in [2.45, 2.75) is 51.2 Å². The Hall–Kier alpha value is -2.63. The van der Waals surface area contributed by atoms with Crippen LogP contribution in [0, 0.1) is 0 Å². The van der Waals surface area contributed by atoms with Crippen LogP contribution in [0.5, 0.6) is 5.75 Å². The molecule has 1 N–H and O–H groups in total. The molecule has 1 aliphatic carbocycles. The van der Waals surface area contributed by atoms with Crippen molar-refractivity contribution in [1.29, 1.82) is 0 Å². The van der Waals surface area contributed by atoms with Crippen LogP contribution >= 0.6 is 0 Å². The SMILES string of the molecule is O=C(NCCn1nc2c(cc1=O)CCCC2)C1CCc2ccccc2O1. The summed E-state index contributed by atoms with van der Waals surface area (Å²) in [5.41, 5.74) is 3.15. The molecule has 0 fully saturated rings. The van der Waals surface area contributed by atoms with Gasteiger partial charge in [-0.1, -0.05) is 18.2 Å². The molecule has 0 radical (unpaired) electrons. The average Bonchev–Trinajstić information content (AvgIpc) is 2.68. The molecule has 1 aliphatic heterocycles. The lowest BCUT2D eigenvalue weighted by Crippen LogP contribution is -2.42. The van der Waals surface area contributed by atoms with Gasteiger partial charge in [-0.2, -0.15) is 5.10 Å². The van der Waals surface area contributed by atoms with Gasteiger partial charge in [-0.25, -0.2) is 4.68 Å². The van der Waals surface area contributed by atoms with E-state index in [0.717, 1.165) is 54.7 Å². The number of amides is 1. The van der Waals surface area contributed by atoms with E-state index in [9.17, 15) is 9.59 Å². The van der Waals surface area contributed by atoms with E-state index in [0.29, 0.717) is 19.5 Å². The number of benzene rings is 1. The average molecular weight is 353 g/mol. The molecule has 0 bridgehead atoms. The van der Waals surface area contributed by atoms with Crippen LogP contribution in [0.15, 0.2) is 35.1 Å². The first-order chi connectivity index (χ1) is 12.7. The van der Waals surface area contributed by atoms with Gasteiger partial charge in [0.25, 0.3) is 11.5 Å². The van der Waals surface area contributed by atoms with E-state index in [1.165, 1.54) is 4.68 Å². The van der Waals surface area contributed by atoms with Gasteiger partial charge in [-0.05, 0) is 55.7 Å². The summed E-state index contributed by atoms with van der Waals surface area (Å²) < 4.78 is 7.26. The Morgan fingerprint density at radius 3 is 2.96 bits per heavy atom. The first-order valence-corrected chi connectivity index (χ1v) is 9.33. The first-order valence-electron chi connectivity index (χ1n) is 9.33. The van der Waals surface area contributed by atoms with Crippen LogP contribution in [0.4, 0.5) is 0 Å². The summed E-state index contributed by atoms with van der Waals surface area (Å²) >= 11 is 0. The smallest absolute Gasteiger partial charge is 0.267 e. The van der Waals surface area contributed by atoms with Crippen molar-refractivity contribution >= 4 is 5.91 Å². The van der Waals surface area contributed by atoms with Gasteiger partial charge in [0.2, 0.25) is 0 Å². The highest BCUT2D eigenvalue weighted by Crippen LogP contribution is 2.27. The normalized spacial score (nSPS) is 18.4. The maximum absolute atomic E-state index is 12.4. The fourth-order valence-corrected chi connectivity index (χ4v) is 3.67. The minimum atomic E-state index is -0.474. The fourth-order valence-electron chi connectivity index (χ4n) is 3.67. The minimum Gasteiger partial charge on any atom is -0.480 e. The zero-order valence-electron chi connectivity index (χ0n) is 14.7. The predicted molar refractivity (Wildman–Crippen MR) is 97.3 cm³/mol. The maximum atomic E-state index is 12.4. The van der Waals surface area contributed by atoms with Gasteiger partial charge in [-0.15, -0.1) is 0 Å². The number of hydrogen-bond acceptors (Lipinski definition) is 4. The van der Waals surface area contributed by atoms with Crippen molar-refractivity contribution in [2.24, 2.45) is 0 Å². The fraction of sp³-hybridized carbons (Fsp3) is 0.450. The van der Waals surface area contributed by atoms with E-state index in [1.54, 1.807) is 6.07 Å². The van der Waals surface area contributed by atoms with Gasteiger partial charge in [-0.3, -0.25) is 9.59 Å². The van der Waals surface area contributed by atoms with Crippen molar-refractivity contribution in [3.63, 3.8) is 0 Å². The second kappa shape index (κ2) is 7.32. The van der Waals surface area contributed by atoms with E-state index in [-0.39, 0.29) is 11.5 Å². The van der Waals surface area contributed by atoms with Crippen molar-refractivity contribution in [3.05, 3.63) is 57.5 Å². The van der Waals surface area contributed by atoms with Crippen LogP contribution in [-0.4, -0.2) is 28.3 Å². The van der Waals surface area contributed by atoms with Gasteiger partial charge >= 0.3 is 0 Å². The molecule has 0 saturated heterocycles. The molecule has 2 aliphatic rings. The Morgan fingerprint density at radius 1 is 1.19 bits per heavy atom. The number of nitrogens with zero attached hydrogens (tertiary/aromatic N) is 2. The summed E-state index contributed by atoms with van der Waals surface area (Å²) in [6.45, 7) is 0.743. The van der Waals surface area contributed by atoms with Crippen LogP contribution in [0.3, 0.4) is 0 Å². The highest BCUT2D eigenvalue weighted by molar-refractivity contribution is 5.81. The summed E-state index contributed by atoms with van der Waals surface area (Å²) in [6.07, 6.45) is 5.14. The Balaban J connectivity index is 1.34. The van der Waals surface area contributed by atoms with Gasteiger partial charge in [0.1, 0.15) is 5.75 Å². The number of carbonyl (C=O) groups excluding carboxylic acids is 1. The molecule has 1 amide bonds. The second-order valence-corrected chi connectivity index (χ2v) is 6.93. The van der Waals surface area contributed by atoms with Crippen molar-refractivity contribution < 1.29 is 9.53 Å². The third-order valence-electron chi connectivity index (χ3n) is 5.11. The van der Waals surface area contributed by atoms with Gasteiger partial charge in [0.15, 0.2) is 6.10 Å². The van der Waals surface area contributed by atoms with E-state index in [4.69, 9.17) is 4.74 Å². The largest absolute Gasteiger partial charge is 0.480 e. The van der Waals surface area contributed by atoms with Crippen LogP contribution < -0.4 is 15.6 Å². The summed E-state index contributed by atoms with van der Waals surface area (Å²) in [7, 11) is 0. The molecule has 136 valence electrons. The third-order valence-corrected chi connectivity index (χ3v) is 5.11. The molecule has 1 atom stereocenters. The molecule has 1 aromatic heterocycles. The molecule has 6 heteroatoms. The summed E-state index contributed by atoms with van der Waals surface area (Å²) in [6, 6.07) is 9.51. The van der Waals surface area contributed by atoms with Crippen molar-refractivity contribution in [2.75, 3.05) is 6.54 Å². The Morgan fingerprint density at radius 2 is 2.04 bits per heavy atom. The van der Waals surface area contributed by atoms with Crippen LogP contribution in [0.25, 0.3) is 0 Å². The molecule has 4 rings (SSSR count). The molecule has 6 nitrogen and oxygen atoms in total. The standard InChI is InChI=1S/C20H23N3O3/c24-19-13-15-6-1-3-7-16(15)22-23(19)12-11-21-20(25)18-10-9-14-5-2-4-8-17(14)26-18/h2,4-5,8,13,18H,1,3,6-7,9-12H2,(H,21,25). The molecule has 0 spiro atoms. The second-order valence-electron chi connectivity index (χ2n) is 6.93. The molecule has 0 saturated carbocycles. The van der Waals surface area contributed by atoms with Crippen LogP contribution in [-0.2, 0) is 30.6 Å². The van der Waals surface area contributed by atoms with E-state index >= 15 is 0 Å². The molecule has 2 heterocycles. The summed E-state index contributed by atoms with van der Waals surface area (Å²) in [5.74, 6) is 0.650. The number of carbonyl (C=O) groups is 1. The van der Waals surface area contributed by atoms with Gasteiger partial charge in [0.05, 0.1) is 12.2 Å². The zero-order chi connectivity index (χ0) is 17.9. The van der Waals surface area contributed by atoms with Crippen molar-refractivity contribution in [3.8, 4) is 5.75 Å². The molecule has 26 heavy (non-hydrogen) atoms. The minimum absolute atomic E-state index is 0.0947. The Kier molecular flexibility index (Phi) is 4.73. The monoisotopic (exact) mass is 353 g/mol. The highest BCUT2D eigenvalue weighted by Gasteiger charge is 2.25. The summed E-state index contributed by atoms with van der Waals surface area (Å²) in [4.78, 5) is 24.5. The number of nitrogens with one attached hydrogen (secondary N) is 1. The Labute approximate surface area is 152 Å². The van der Waals surface area contributed by atoms with E-state index < -0.39 is 6.10 Å². The third kappa shape index (κ3) is 3.49. The zero-order valence-corrected chi connectivity index (χ0v) is 14.7. The lowest BCUT2D eigenvalue weighted by atomic mass is 9.97. The predicted octanol–water partition coefficient (Wildman–Crippen LogP) is 1.63. The lowest BCUT2D eigenvalue weighted by molar-refractivity contribution is -0.128. The quantitative estimate of drug-likeness (QED) is 0.907. The number of hydrogen-bond donors (Lipinski definition) is 1. The van der Waals surface area contributed by atoms with Crippen LogP contribution in [0.1, 0.15) is 36.1 Å². The van der Waals surface area contributed by atoms with Gasteiger partial charge in [0, 0.05) is 12.6 Å². The Bertz CT molecular complexity index is 875. The number of para-hydroxylation sites is 1. The number of aromatic nitrogens is 2.